The lowest BCUT2D eigenvalue weighted by atomic mass is 10.3. The molecule has 1 heterocycles. The molecule has 1 aromatic heterocycles. The Morgan fingerprint density at radius 2 is 2.14 bits per heavy atom. The third-order valence-corrected chi connectivity index (χ3v) is 2.17. The van der Waals surface area contributed by atoms with Gasteiger partial charge in [-0.3, -0.25) is 0 Å². The number of nitrogen functional groups attached to an aromatic ring is 1. The maximum absolute atomic E-state index is 5.72. The first-order chi connectivity index (χ1) is 6.75. The fourth-order valence-electron chi connectivity index (χ4n) is 0.562. The number of rotatable bonds is 0. The van der Waals surface area contributed by atoms with E-state index in [2.05, 4.69) is 42.3 Å². The van der Waals surface area contributed by atoms with E-state index >= 15 is 0 Å². The highest BCUT2D eigenvalue weighted by molar-refractivity contribution is 14.2. The van der Waals surface area contributed by atoms with Gasteiger partial charge in [-0.15, -0.1) is 0 Å². The van der Waals surface area contributed by atoms with Gasteiger partial charge in [0, 0.05) is 21.2 Å². The zero-order valence-corrected chi connectivity index (χ0v) is 11.4. The second-order valence-corrected chi connectivity index (χ2v) is 3.77. The van der Waals surface area contributed by atoms with Gasteiger partial charge in [0.25, 0.3) is 0 Å². The molecule has 14 heavy (non-hydrogen) atoms. The fourth-order valence-corrected chi connectivity index (χ4v) is 1.22. The van der Waals surface area contributed by atoms with Gasteiger partial charge in [0.2, 0.25) is 0 Å². The second-order valence-electron chi connectivity index (χ2n) is 1.73. The molecule has 0 aliphatic heterocycles. The maximum atomic E-state index is 5.72. The van der Waals surface area contributed by atoms with Crippen molar-refractivity contribution in [2.45, 2.75) is 13.8 Å². The smallest absolute Gasteiger partial charge is 0.150 e. The number of nitrogens with two attached hydrogens (primary N) is 1. The van der Waals surface area contributed by atoms with E-state index in [9.17, 15) is 0 Å². The first-order valence-electron chi connectivity index (χ1n) is 3.80. The molecule has 0 saturated heterocycles. The molecule has 0 aromatic carbocycles. The molecule has 0 aliphatic rings. The topological polar surface area (TPSA) is 51.8 Å². The summed E-state index contributed by atoms with van der Waals surface area (Å²) in [6.45, 7) is 4.00. The second kappa shape index (κ2) is 8.15. The summed E-state index contributed by atoms with van der Waals surface area (Å²) in [4.78, 5) is 7.51. The molecule has 0 fully saturated rings. The molecule has 2 N–H and O–H groups in total. The molecule has 0 spiro atoms. The molecule has 3 nitrogen and oxygen atoms in total. The van der Waals surface area contributed by atoms with Crippen LogP contribution in [0.15, 0.2) is 6.33 Å². The summed E-state index contributed by atoms with van der Waals surface area (Å²) in [5, 5.41) is 3.05. The van der Waals surface area contributed by atoms with Gasteiger partial charge in [0.05, 0.1) is 0 Å². The molecule has 0 atom stereocenters. The van der Waals surface area contributed by atoms with Crippen molar-refractivity contribution >= 4 is 47.6 Å². The van der Waals surface area contributed by atoms with Crippen LogP contribution in [0.2, 0.25) is 5.15 Å². The van der Waals surface area contributed by atoms with Gasteiger partial charge >= 0.3 is 0 Å². The summed E-state index contributed by atoms with van der Waals surface area (Å²) >= 11 is 7.78. The Kier molecular flexibility index (Phi) is 8.04. The van der Waals surface area contributed by atoms with Crippen molar-refractivity contribution in [3.63, 3.8) is 0 Å². The highest BCUT2D eigenvalue weighted by Crippen LogP contribution is 2.16. The SMILES string of the molecule is CC.Nc1ncnc(Cl)c1C#CSI. The lowest BCUT2D eigenvalue weighted by Gasteiger charge is -1.96. The molecule has 0 radical (unpaired) electrons. The average molecular weight is 342 g/mol. The quantitative estimate of drug-likeness (QED) is 0.447. The predicted octanol–water partition coefficient (Wildman–Crippen LogP) is 3.13. The Morgan fingerprint density at radius 1 is 1.50 bits per heavy atom. The van der Waals surface area contributed by atoms with Crippen molar-refractivity contribution in [2.24, 2.45) is 0 Å². The standard InChI is InChI=1S/C6H3ClIN3S.C2H6/c7-5-4(1-2-12-8)6(9)11-3-10-5;1-2/h3H,(H2,9,10,11);1-2H3. The summed E-state index contributed by atoms with van der Waals surface area (Å²) in [6.07, 6.45) is 1.31. The molecule has 6 heteroatoms. The summed E-state index contributed by atoms with van der Waals surface area (Å²) < 4.78 is 0. The lowest BCUT2D eigenvalue weighted by Crippen LogP contribution is -1.96. The predicted molar refractivity (Wildman–Crippen MR) is 71.3 cm³/mol. The summed E-state index contributed by atoms with van der Waals surface area (Å²) in [6, 6.07) is 0. The number of nitrogens with zero attached hydrogens (tertiary/aromatic N) is 2. The summed E-state index contributed by atoms with van der Waals surface area (Å²) in [5.41, 5.74) is 6.00. The van der Waals surface area contributed by atoms with Crippen LogP contribution in [-0.2, 0) is 0 Å². The minimum atomic E-state index is 0.292. The van der Waals surface area contributed by atoms with E-state index < -0.39 is 0 Å². The van der Waals surface area contributed by atoms with Crippen molar-refractivity contribution in [3.05, 3.63) is 17.0 Å². The third kappa shape index (κ3) is 4.35. The van der Waals surface area contributed by atoms with Crippen LogP contribution in [-0.4, -0.2) is 9.97 Å². The third-order valence-electron chi connectivity index (χ3n) is 1.04. The monoisotopic (exact) mass is 341 g/mol. The molecule has 0 saturated carbocycles. The van der Waals surface area contributed by atoms with Crippen LogP contribution in [0.3, 0.4) is 0 Å². The van der Waals surface area contributed by atoms with Gasteiger partial charge in [-0.05, 0) is 20.1 Å². The highest BCUT2D eigenvalue weighted by atomic mass is 127. The normalized spacial score (nSPS) is 8.00. The van der Waals surface area contributed by atoms with Crippen LogP contribution < -0.4 is 5.73 Å². The molecule has 1 aromatic rings. The number of hydrogen-bond acceptors (Lipinski definition) is 4. The lowest BCUT2D eigenvalue weighted by molar-refractivity contribution is 1.17. The Bertz CT molecular complexity index is 328. The van der Waals surface area contributed by atoms with E-state index in [1.165, 1.54) is 15.3 Å². The molecular formula is C8H9ClIN3S. The summed E-state index contributed by atoms with van der Waals surface area (Å²) in [7, 11) is 1.35. The Morgan fingerprint density at radius 3 is 2.64 bits per heavy atom. The Labute approximate surface area is 105 Å². The Balaban J connectivity index is 0.000000791. The minimum absolute atomic E-state index is 0.292. The van der Waals surface area contributed by atoms with Crippen molar-refractivity contribution in [2.75, 3.05) is 5.73 Å². The highest BCUT2D eigenvalue weighted by Gasteiger charge is 2.02. The molecular weight excluding hydrogens is 333 g/mol. The molecule has 76 valence electrons. The van der Waals surface area contributed by atoms with Crippen molar-refractivity contribution < 1.29 is 0 Å². The van der Waals surface area contributed by atoms with Crippen molar-refractivity contribution in [1.82, 2.24) is 9.97 Å². The van der Waals surface area contributed by atoms with E-state index in [1.54, 1.807) is 0 Å². The van der Waals surface area contributed by atoms with Crippen molar-refractivity contribution in [3.8, 4) is 11.2 Å². The van der Waals surface area contributed by atoms with E-state index in [0.717, 1.165) is 0 Å². The van der Waals surface area contributed by atoms with Gasteiger partial charge in [-0.1, -0.05) is 25.4 Å². The van der Waals surface area contributed by atoms with Gasteiger partial charge in [0.15, 0.2) is 0 Å². The van der Waals surface area contributed by atoms with Gasteiger partial charge in [0.1, 0.15) is 22.9 Å². The molecule has 1 rings (SSSR count). The van der Waals surface area contributed by atoms with E-state index in [1.807, 2.05) is 13.8 Å². The van der Waals surface area contributed by atoms with Crippen LogP contribution in [0.5, 0.6) is 0 Å². The molecule has 0 amide bonds. The Hall–Kier alpha value is -0.190. The number of hydrogen-bond donors (Lipinski definition) is 1. The van der Waals surface area contributed by atoms with Crippen LogP contribution in [0.25, 0.3) is 0 Å². The van der Waals surface area contributed by atoms with E-state index in [4.69, 9.17) is 17.3 Å². The number of anilines is 1. The van der Waals surface area contributed by atoms with Gasteiger partial charge in [-0.25, -0.2) is 9.97 Å². The van der Waals surface area contributed by atoms with Gasteiger partial charge in [-0.2, -0.15) is 0 Å². The van der Waals surface area contributed by atoms with Crippen LogP contribution in [0.1, 0.15) is 19.4 Å². The minimum Gasteiger partial charge on any atom is -0.383 e. The molecule has 0 aliphatic carbocycles. The first kappa shape index (κ1) is 13.8. The van der Waals surface area contributed by atoms with E-state index in [-0.39, 0.29) is 0 Å². The first-order valence-corrected chi connectivity index (χ1v) is 7.54. The molecule has 0 bridgehead atoms. The van der Waals surface area contributed by atoms with Crippen LogP contribution >= 0.6 is 41.7 Å². The van der Waals surface area contributed by atoms with E-state index in [0.29, 0.717) is 16.5 Å². The zero-order chi connectivity index (χ0) is 11.0. The molecule has 0 unspecified atom stereocenters. The number of aromatic nitrogens is 2. The maximum Gasteiger partial charge on any atom is 0.150 e. The van der Waals surface area contributed by atoms with Crippen LogP contribution in [0, 0.1) is 11.2 Å². The van der Waals surface area contributed by atoms with Gasteiger partial charge < -0.3 is 5.73 Å². The fraction of sp³-hybridized carbons (Fsp3) is 0.250. The average Bonchev–Trinajstić information content (AvgIpc) is 2.20. The number of halogens is 2. The van der Waals surface area contributed by atoms with Crippen LogP contribution in [0.4, 0.5) is 5.82 Å². The van der Waals surface area contributed by atoms with Crippen molar-refractivity contribution in [1.29, 1.82) is 0 Å². The zero-order valence-electron chi connectivity index (χ0n) is 7.71. The summed E-state index contributed by atoms with van der Waals surface area (Å²) in [5.74, 6) is 3.07. The largest absolute Gasteiger partial charge is 0.383 e.